The van der Waals surface area contributed by atoms with Crippen LogP contribution in [0.25, 0.3) is 0 Å². The summed E-state index contributed by atoms with van der Waals surface area (Å²) in [5.74, 6) is -0.599. The number of nitrogens with zero attached hydrogens (tertiary/aromatic N) is 3. The number of hydrogen-bond acceptors (Lipinski definition) is 4. The molecule has 0 saturated heterocycles. The summed E-state index contributed by atoms with van der Waals surface area (Å²) in [4.78, 5) is 28.3. The van der Waals surface area contributed by atoms with E-state index >= 15 is 0 Å². The van der Waals surface area contributed by atoms with Gasteiger partial charge in [-0.1, -0.05) is 34.5 Å². The molecule has 0 aliphatic heterocycles. The second-order valence-corrected chi connectivity index (χ2v) is 7.57. The van der Waals surface area contributed by atoms with Gasteiger partial charge in [-0.15, -0.1) is 0 Å². The Morgan fingerprint density at radius 1 is 1.33 bits per heavy atom. The summed E-state index contributed by atoms with van der Waals surface area (Å²) in [5, 5.41) is 4.06. The van der Waals surface area contributed by atoms with E-state index in [0.717, 1.165) is 29.3 Å². The lowest BCUT2D eigenvalue weighted by atomic mass is 9.63. The predicted molar refractivity (Wildman–Crippen MR) is 105 cm³/mol. The second-order valence-electron chi connectivity index (χ2n) is 6.65. The summed E-state index contributed by atoms with van der Waals surface area (Å²) in [6.07, 6.45) is 5.61. The van der Waals surface area contributed by atoms with Crippen LogP contribution in [0.15, 0.2) is 46.1 Å². The van der Waals surface area contributed by atoms with Crippen molar-refractivity contribution >= 4 is 33.6 Å². The molecule has 1 unspecified atom stereocenters. The Morgan fingerprint density at radius 3 is 2.56 bits per heavy atom. The number of hydrogen-bond donors (Lipinski definition) is 1. The first-order chi connectivity index (χ1) is 12.9. The third kappa shape index (κ3) is 3.66. The van der Waals surface area contributed by atoms with Crippen molar-refractivity contribution in [2.75, 3.05) is 7.11 Å². The Bertz CT molecular complexity index is 885. The Hall–Kier alpha value is -2.48. The number of rotatable bonds is 5. The lowest BCUT2D eigenvalue weighted by Crippen LogP contribution is -2.47. The number of nitrogens with two attached hydrogens (primary N) is 1. The number of halogens is 1. The second kappa shape index (κ2) is 7.64. The standard InChI is InChI=1S/C19H21BrN4O3/c1-12(17(26)27-2)24-11-13(10-22-24)16(25)23-18(21)19(8-3-9-19)14-4-6-15(20)7-5-14/h4-7,10-12H,3,8-9H2,1-2H3,(H2,21,23,25). The monoisotopic (exact) mass is 432 g/mol. The quantitative estimate of drug-likeness (QED) is 0.444. The summed E-state index contributed by atoms with van der Waals surface area (Å²) >= 11 is 3.43. The van der Waals surface area contributed by atoms with Crippen molar-refractivity contribution in [1.29, 1.82) is 0 Å². The minimum atomic E-state index is -0.626. The van der Waals surface area contributed by atoms with Gasteiger partial charge in [-0.05, 0) is 37.5 Å². The zero-order chi connectivity index (χ0) is 19.6. The van der Waals surface area contributed by atoms with E-state index in [4.69, 9.17) is 5.73 Å². The van der Waals surface area contributed by atoms with Gasteiger partial charge in [0.1, 0.15) is 11.9 Å². The highest BCUT2D eigenvalue weighted by Gasteiger charge is 2.42. The van der Waals surface area contributed by atoms with Crippen molar-refractivity contribution < 1.29 is 14.3 Å². The molecule has 0 bridgehead atoms. The van der Waals surface area contributed by atoms with Crippen molar-refractivity contribution in [3.63, 3.8) is 0 Å². The van der Waals surface area contributed by atoms with Crippen LogP contribution in [0.3, 0.4) is 0 Å². The molecule has 1 aliphatic rings. The molecule has 2 aromatic rings. The number of esters is 1. The first kappa shape index (κ1) is 19.3. The average molecular weight is 433 g/mol. The zero-order valence-electron chi connectivity index (χ0n) is 15.2. The third-order valence-corrected chi connectivity index (χ3v) is 5.63. The van der Waals surface area contributed by atoms with Crippen molar-refractivity contribution in [3.8, 4) is 0 Å². The molecular weight excluding hydrogens is 412 g/mol. The smallest absolute Gasteiger partial charge is 0.330 e. The Morgan fingerprint density at radius 2 is 2.00 bits per heavy atom. The molecule has 0 spiro atoms. The molecule has 2 N–H and O–H groups in total. The normalized spacial score (nSPS) is 17.1. The molecule has 7 nitrogen and oxygen atoms in total. The van der Waals surface area contributed by atoms with Gasteiger partial charge in [-0.2, -0.15) is 10.1 Å². The fourth-order valence-corrected chi connectivity index (χ4v) is 3.48. The summed E-state index contributed by atoms with van der Waals surface area (Å²) < 4.78 is 7.05. The van der Waals surface area contributed by atoms with Crippen molar-refractivity contribution in [2.24, 2.45) is 10.7 Å². The molecule has 1 saturated carbocycles. The van der Waals surface area contributed by atoms with E-state index in [0.29, 0.717) is 5.84 Å². The maximum absolute atomic E-state index is 12.6. The predicted octanol–water partition coefficient (Wildman–Crippen LogP) is 3.00. The number of aliphatic imine (C=N–C) groups is 1. The highest BCUT2D eigenvalue weighted by Crippen LogP contribution is 2.44. The van der Waals surface area contributed by atoms with Gasteiger partial charge in [0.05, 0.1) is 24.3 Å². The number of benzene rings is 1. The summed E-state index contributed by atoms with van der Waals surface area (Å²) in [6, 6.07) is 7.31. The van der Waals surface area contributed by atoms with Gasteiger partial charge < -0.3 is 10.5 Å². The zero-order valence-corrected chi connectivity index (χ0v) is 16.8. The number of amidine groups is 1. The lowest BCUT2D eigenvalue weighted by Gasteiger charge is -2.41. The maximum Gasteiger partial charge on any atom is 0.330 e. The van der Waals surface area contributed by atoms with E-state index in [-0.39, 0.29) is 5.56 Å². The fraction of sp³-hybridized carbons (Fsp3) is 0.368. The van der Waals surface area contributed by atoms with Gasteiger partial charge in [0.2, 0.25) is 0 Å². The first-order valence-corrected chi connectivity index (χ1v) is 9.43. The van der Waals surface area contributed by atoms with E-state index in [1.807, 2.05) is 24.3 Å². The molecule has 1 aromatic carbocycles. The largest absolute Gasteiger partial charge is 0.467 e. The van der Waals surface area contributed by atoms with E-state index in [1.165, 1.54) is 24.2 Å². The lowest BCUT2D eigenvalue weighted by molar-refractivity contribution is -0.144. The van der Waals surface area contributed by atoms with Crippen molar-refractivity contribution in [2.45, 2.75) is 37.6 Å². The van der Waals surface area contributed by atoms with Crippen LogP contribution >= 0.6 is 15.9 Å². The molecule has 1 aromatic heterocycles. The molecule has 142 valence electrons. The number of amides is 1. The molecule has 1 amide bonds. The Kier molecular flexibility index (Phi) is 5.46. The van der Waals surface area contributed by atoms with E-state index in [9.17, 15) is 9.59 Å². The van der Waals surface area contributed by atoms with Crippen LogP contribution in [0.4, 0.5) is 0 Å². The van der Waals surface area contributed by atoms with Crippen molar-refractivity contribution in [3.05, 3.63) is 52.3 Å². The van der Waals surface area contributed by atoms with Crippen LogP contribution < -0.4 is 5.73 Å². The van der Waals surface area contributed by atoms with Crippen LogP contribution in [0.2, 0.25) is 0 Å². The fourth-order valence-electron chi connectivity index (χ4n) is 3.21. The topological polar surface area (TPSA) is 99.6 Å². The minimum absolute atomic E-state index is 0.277. The Balaban J connectivity index is 1.83. The molecule has 1 heterocycles. The number of ether oxygens (including phenoxy) is 1. The van der Waals surface area contributed by atoms with Crippen LogP contribution in [0.5, 0.6) is 0 Å². The average Bonchev–Trinajstić information content (AvgIpc) is 3.11. The van der Waals surface area contributed by atoms with Gasteiger partial charge in [-0.25, -0.2) is 4.79 Å². The molecule has 8 heteroatoms. The maximum atomic E-state index is 12.6. The molecule has 3 rings (SSSR count). The van der Waals surface area contributed by atoms with Gasteiger partial charge >= 0.3 is 5.97 Å². The summed E-state index contributed by atoms with van der Waals surface area (Å²) in [5.41, 5.74) is 7.21. The molecule has 1 fully saturated rings. The number of methoxy groups -OCH3 is 1. The molecular formula is C19H21BrN4O3. The van der Waals surface area contributed by atoms with E-state index in [1.54, 1.807) is 6.92 Å². The summed E-state index contributed by atoms with van der Waals surface area (Å²) in [7, 11) is 1.31. The van der Waals surface area contributed by atoms with Crippen LogP contribution in [-0.4, -0.2) is 34.6 Å². The highest BCUT2D eigenvalue weighted by atomic mass is 79.9. The highest BCUT2D eigenvalue weighted by molar-refractivity contribution is 9.10. The molecule has 0 radical (unpaired) electrons. The minimum Gasteiger partial charge on any atom is -0.467 e. The third-order valence-electron chi connectivity index (χ3n) is 5.10. The number of aromatic nitrogens is 2. The molecule has 1 aliphatic carbocycles. The first-order valence-electron chi connectivity index (χ1n) is 8.64. The molecule has 27 heavy (non-hydrogen) atoms. The number of carbonyl (C=O) groups excluding carboxylic acids is 2. The van der Waals surface area contributed by atoms with Gasteiger partial charge in [0.25, 0.3) is 5.91 Å². The number of carbonyl (C=O) groups is 2. The van der Waals surface area contributed by atoms with Crippen molar-refractivity contribution in [1.82, 2.24) is 9.78 Å². The van der Waals surface area contributed by atoms with Gasteiger partial charge in [-0.3, -0.25) is 9.48 Å². The van der Waals surface area contributed by atoms with Crippen LogP contribution in [0.1, 0.15) is 48.1 Å². The van der Waals surface area contributed by atoms with E-state index < -0.39 is 23.3 Å². The van der Waals surface area contributed by atoms with Gasteiger partial charge in [0.15, 0.2) is 0 Å². The van der Waals surface area contributed by atoms with E-state index in [2.05, 4.69) is 30.8 Å². The van der Waals surface area contributed by atoms with Crippen LogP contribution in [-0.2, 0) is 14.9 Å². The van der Waals surface area contributed by atoms with Gasteiger partial charge in [0, 0.05) is 10.7 Å². The Labute approximate surface area is 165 Å². The molecule has 1 atom stereocenters. The van der Waals surface area contributed by atoms with Crippen LogP contribution in [0, 0.1) is 0 Å². The SMILES string of the molecule is COC(=O)C(C)n1cc(C(=O)N=C(N)C2(c3ccc(Br)cc3)CCC2)cn1. The summed E-state index contributed by atoms with van der Waals surface area (Å²) in [6.45, 7) is 1.64.